The first-order valence-corrected chi connectivity index (χ1v) is 4.89. The third-order valence-electron chi connectivity index (χ3n) is 2.23. The number of thioether (sulfide) groups is 1. The molecule has 0 radical (unpaired) electrons. The molecule has 12 heavy (non-hydrogen) atoms. The number of nitrogens with zero attached hydrogens (tertiary/aromatic N) is 1. The van der Waals surface area contributed by atoms with Crippen LogP contribution in [0.4, 0.5) is 0 Å². The van der Waals surface area contributed by atoms with Crippen molar-refractivity contribution in [1.29, 1.82) is 5.26 Å². The quantitative estimate of drug-likeness (QED) is 0.612. The van der Waals surface area contributed by atoms with Crippen LogP contribution in [-0.2, 0) is 12.8 Å². The molecule has 0 heterocycles. The third-order valence-corrected chi connectivity index (χ3v) is 3.01. The van der Waals surface area contributed by atoms with Gasteiger partial charge in [-0.15, -0.1) is 0 Å². The van der Waals surface area contributed by atoms with Crippen molar-refractivity contribution in [1.82, 2.24) is 0 Å². The highest BCUT2D eigenvalue weighted by molar-refractivity contribution is 8.04. The van der Waals surface area contributed by atoms with E-state index >= 15 is 0 Å². The molecule has 1 aromatic rings. The van der Waals surface area contributed by atoms with Crippen molar-refractivity contribution >= 4 is 11.8 Å². The van der Waals surface area contributed by atoms with Crippen molar-refractivity contribution in [2.75, 3.05) is 0 Å². The van der Waals surface area contributed by atoms with Crippen LogP contribution in [0.1, 0.15) is 11.1 Å². The van der Waals surface area contributed by atoms with Gasteiger partial charge in [0.05, 0.1) is 0 Å². The SMILES string of the molecule is N#CSC1Cc2ccccc2C1. The lowest BCUT2D eigenvalue weighted by Crippen LogP contribution is -1.98. The maximum Gasteiger partial charge on any atom is 0.133 e. The second-order valence-corrected chi connectivity index (χ2v) is 4.09. The second-order valence-electron chi connectivity index (χ2n) is 3.01. The van der Waals surface area contributed by atoms with Crippen LogP contribution in [-0.4, -0.2) is 5.25 Å². The summed E-state index contributed by atoms with van der Waals surface area (Å²) < 4.78 is 0. The van der Waals surface area contributed by atoms with Crippen LogP contribution < -0.4 is 0 Å². The number of hydrogen-bond acceptors (Lipinski definition) is 2. The Bertz CT molecular complexity index is 302. The predicted molar refractivity (Wildman–Crippen MR) is 50.8 cm³/mol. The lowest BCUT2D eigenvalue weighted by atomic mass is 10.1. The fourth-order valence-corrected chi connectivity index (χ4v) is 2.35. The molecule has 0 aliphatic heterocycles. The molecule has 1 aliphatic rings. The van der Waals surface area contributed by atoms with E-state index in [-0.39, 0.29) is 0 Å². The van der Waals surface area contributed by atoms with Crippen LogP contribution in [0.2, 0.25) is 0 Å². The molecule has 0 unspecified atom stereocenters. The summed E-state index contributed by atoms with van der Waals surface area (Å²) in [5.41, 5.74) is 2.84. The molecule has 1 aliphatic carbocycles. The molecule has 0 bridgehead atoms. The Kier molecular flexibility index (Phi) is 2.05. The molecule has 0 saturated carbocycles. The third kappa shape index (κ3) is 1.33. The van der Waals surface area contributed by atoms with Crippen molar-refractivity contribution in [3.63, 3.8) is 0 Å². The van der Waals surface area contributed by atoms with Crippen LogP contribution in [0, 0.1) is 10.7 Å². The Morgan fingerprint density at radius 3 is 2.33 bits per heavy atom. The lowest BCUT2D eigenvalue weighted by molar-refractivity contribution is 0.939. The number of benzene rings is 1. The molecule has 0 amide bonds. The van der Waals surface area contributed by atoms with Gasteiger partial charge in [-0.25, -0.2) is 0 Å². The van der Waals surface area contributed by atoms with E-state index in [1.165, 1.54) is 22.9 Å². The maximum atomic E-state index is 8.52. The minimum Gasteiger partial charge on any atom is -0.185 e. The maximum absolute atomic E-state index is 8.52. The van der Waals surface area contributed by atoms with Gasteiger partial charge in [0.15, 0.2) is 0 Å². The van der Waals surface area contributed by atoms with Gasteiger partial charge in [0, 0.05) is 5.25 Å². The summed E-state index contributed by atoms with van der Waals surface area (Å²) >= 11 is 1.40. The number of nitriles is 1. The van der Waals surface area contributed by atoms with Gasteiger partial charge < -0.3 is 0 Å². The van der Waals surface area contributed by atoms with Gasteiger partial charge in [-0.2, -0.15) is 5.26 Å². The van der Waals surface area contributed by atoms with Crippen LogP contribution >= 0.6 is 11.8 Å². The van der Waals surface area contributed by atoms with Gasteiger partial charge in [0.2, 0.25) is 0 Å². The fraction of sp³-hybridized carbons (Fsp3) is 0.300. The van der Waals surface area contributed by atoms with Crippen molar-refractivity contribution in [3.05, 3.63) is 35.4 Å². The summed E-state index contributed by atoms with van der Waals surface area (Å²) in [5, 5.41) is 11.2. The number of hydrogen-bond donors (Lipinski definition) is 0. The molecular formula is C10H9NS. The average molecular weight is 175 g/mol. The van der Waals surface area contributed by atoms with Crippen LogP contribution in [0.3, 0.4) is 0 Å². The van der Waals surface area contributed by atoms with Crippen molar-refractivity contribution in [3.8, 4) is 5.40 Å². The van der Waals surface area contributed by atoms with Gasteiger partial charge in [0.25, 0.3) is 0 Å². The zero-order valence-electron chi connectivity index (χ0n) is 6.66. The highest BCUT2D eigenvalue weighted by atomic mass is 32.2. The molecular weight excluding hydrogens is 166 g/mol. The minimum atomic E-state index is 0.493. The van der Waals surface area contributed by atoms with Crippen molar-refractivity contribution in [2.24, 2.45) is 0 Å². The predicted octanol–water partition coefficient (Wildman–Crippen LogP) is 2.37. The lowest BCUT2D eigenvalue weighted by Gasteiger charge is -1.98. The Labute approximate surface area is 76.4 Å². The number of rotatable bonds is 1. The highest BCUT2D eigenvalue weighted by Gasteiger charge is 2.20. The topological polar surface area (TPSA) is 23.8 Å². The van der Waals surface area contributed by atoms with E-state index in [2.05, 4.69) is 29.7 Å². The molecule has 0 saturated heterocycles. The van der Waals surface area contributed by atoms with Crippen molar-refractivity contribution < 1.29 is 0 Å². The molecule has 0 spiro atoms. The Balaban J connectivity index is 2.18. The molecule has 0 atom stereocenters. The van der Waals surface area contributed by atoms with E-state index in [1.807, 2.05) is 0 Å². The monoisotopic (exact) mass is 175 g/mol. The first kappa shape index (κ1) is 7.70. The summed E-state index contributed by atoms with van der Waals surface area (Å²) in [5.74, 6) is 0. The van der Waals surface area contributed by atoms with E-state index in [0.29, 0.717) is 5.25 Å². The Morgan fingerprint density at radius 1 is 1.25 bits per heavy atom. The molecule has 60 valence electrons. The highest BCUT2D eigenvalue weighted by Crippen LogP contribution is 2.28. The molecule has 0 N–H and O–H groups in total. The van der Waals surface area contributed by atoms with E-state index in [1.54, 1.807) is 0 Å². The zero-order valence-corrected chi connectivity index (χ0v) is 7.47. The second kappa shape index (κ2) is 3.20. The zero-order chi connectivity index (χ0) is 8.39. The van der Waals surface area contributed by atoms with Crippen LogP contribution in [0.25, 0.3) is 0 Å². The summed E-state index contributed by atoms with van der Waals surface area (Å²) in [4.78, 5) is 0. The summed E-state index contributed by atoms with van der Waals surface area (Å²) in [6.45, 7) is 0. The summed E-state index contributed by atoms with van der Waals surface area (Å²) in [6, 6.07) is 8.46. The Hall–Kier alpha value is -0.940. The van der Waals surface area contributed by atoms with Gasteiger partial charge >= 0.3 is 0 Å². The van der Waals surface area contributed by atoms with Crippen LogP contribution in [0.5, 0.6) is 0 Å². The van der Waals surface area contributed by atoms with Crippen molar-refractivity contribution in [2.45, 2.75) is 18.1 Å². The largest absolute Gasteiger partial charge is 0.185 e. The van der Waals surface area contributed by atoms with Gasteiger partial charge in [-0.05, 0) is 35.7 Å². The normalized spacial score (nSPS) is 15.6. The molecule has 2 rings (SSSR count). The number of thiocyanates is 1. The first-order valence-electron chi connectivity index (χ1n) is 4.01. The van der Waals surface area contributed by atoms with E-state index in [0.717, 1.165) is 12.8 Å². The van der Waals surface area contributed by atoms with Gasteiger partial charge in [-0.1, -0.05) is 24.3 Å². The van der Waals surface area contributed by atoms with E-state index in [9.17, 15) is 0 Å². The molecule has 0 aromatic heterocycles. The Morgan fingerprint density at radius 2 is 1.83 bits per heavy atom. The van der Waals surface area contributed by atoms with Crippen LogP contribution in [0.15, 0.2) is 24.3 Å². The summed E-state index contributed by atoms with van der Waals surface area (Å²) in [7, 11) is 0. The number of fused-ring (bicyclic) bond motifs is 1. The molecule has 0 fully saturated rings. The van der Waals surface area contributed by atoms with Gasteiger partial charge in [-0.3, -0.25) is 0 Å². The van der Waals surface area contributed by atoms with Gasteiger partial charge in [0.1, 0.15) is 5.40 Å². The average Bonchev–Trinajstić information content (AvgIpc) is 2.47. The minimum absolute atomic E-state index is 0.493. The first-order chi connectivity index (χ1) is 5.90. The molecule has 1 aromatic carbocycles. The fourth-order valence-electron chi connectivity index (χ4n) is 1.68. The molecule has 1 nitrogen and oxygen atoms in total. The summed E-state index contributed by atoms with van der Waals surface area (Å²) in [6.07, 6.45) is 2.13. The smallest absolute Gasteiger partial charge is 0.133 e. The van der Waals surface area contributed by atoms with E-state index < -0.39 is 0 Å². The standard InChI is InChI=1S/C10H9NS/c11-7-12-10-5-8-3-1-2-4-9(8)6-10/h1-4,10H,5-6H2. The van der Waals surface area contributed by atoms with E-state index in [4.69, 9.17) is 5.26 Å². The molecule has 2 heteroatoms.